The zero-order valence-corrected chi connectivity index (χ0v) is 16.4. The molecule has 154 valence electrons. The molecule has 0 atom stereocenters. The summed E-state index contributed by atoms with van der Waals surface area (Å²) < 4.78 is 46.2. The van der Waals surface area contributed by atoms with E-state index in [9.17, 15) is 13.2 Å². The fraction of sp³-hybridized carbons (Fsp3) is 0.429. The molecule has 3 aromatic rings. The number of imidazole rings is 1. The molecule has 0 aliphatic carbocycles. The van der Waals surface area contributed by atoms with Crippen LogP contribution in [0.4, 0.5) is 13.2 Å². The minimum Gasteiger partial charge on any atom is -0.496 e. The second-order valence-corrected chi connectivity index (χ2v) is 7.44. The lowest BCUT2D eigenvalue weighted by molar-refractivity contribution is -0.137. The third-order valence-electron chi connectivity index (χ3n) is 5.70. The van der Waals surface area contributed by atoms with Crippen molar-refractivity contribution < 1.29 is 17.9 Å². The first-order chi connectivity index (χ1) is 13.9. The molecule has 5 nitrogen and oxygen atoms in total. The minimum atomic E-state index is -4.37. The van der Waals surface area contributed by atoms with E-state index in [1.807, 2.05) is 19.2 Å². The highest BCUT2D eigenvalue weighted by Gasteiger charge is 2.32. The van der Waals surface area contributed by atoms with Gasteiger partial charge in [-0.05, 0) is 61.7 Å². The summed E-state index contributed by atoms with van der Waals surface area (Å²) in [7, 11) is 3.42. The van der Waals surface area contributed by atoms with E-state index in [-0.39, 0.29) is 5.92 Å². The van der Waals surface area contributed by atoms with E-state index < -0.39 is 11.7 Å². The summed E-state index contributed by atoms with van der Waals surface area (Å²) in [6, 6.07) is 7.72. The second-order valence-electron chi connectivity index (χ2n) is 7.44. The van der Waals surface area contributed by atoms with Crippen molar-refractivity contribution in [3.63, 3.8) is 0 Å². The molecule has 2 aromatic heterocycles. The predicted molar refractivity (Wildman–Crippen MR) is 104 cm³/mol. The number of halogens is 3. The van der Waals surface area contributed by atoms with Gasteiger partial charge >= 0.3 is 6.18 Å². The van der Waals surface area contributed by atoms with Gasteiger partial charge in [0.15, 0.2) is 5.65 Å². The lowest BCUT2D eigenvalue weighted by Gasteiger charge is -2.32. The number of hydrogen-bond acceptors (Lipinski definition) is 4. The molecule has 4 rings (SSSR count). The highest BCUT2D eigenvalue weighted by atomic mass is 19.4. The lowest BCUT2D eigenvalue weighted by Crippen LogP contribution is -2.33. The molecular weight excluding hydrogens is 380 g/mol. The Morgan fingerprint density at radius 3 is 2.59 bits per heavy atom. The number of piperidine rings is 1. The standard InChI is InChI=1S/C21H23F3N4O/c1-27-17-4-3-9-25-20(17)26-19(27)13-28-10-7-14(8-11-28)16-6-5-15(21(22,23)24)12-18(16)29-2/h3-6,9,12,14H,7-8,10-11,13H2,1-2H3/i2-1. The van der Waals surface area contributed by atoms with E-state index in [2.05, 4.69) is 19.4 Å². The fourth-order valence-electron chi connectivity index (χ4n) is 4.04. The molecule has 1 aromatic carbocycles. The first kappa shape index (κ1) is 19.7. The molecule has 1 aliphatic rings. The van der Waals surface area contributed by atoms with E-state index in [0.717, 1.165) is 67.2 Å². The zero-order valence-electron chi connectivity index (χ0n) is 16.4. The summed E-state index contributed by atoms with van der Waals surface area (Å²) in [6.07, 6.45) is -0.897. The third-order valence-corrected chi connectivity index (χ3v) is 5.70. The Bertz CT molecular complexity index is 1010. The molecule has 0 spiro atoms. The molecule has 1 fully saturated rings. The highest BCUT2D eigenvalue weighted by Crippen LogP contribution is 2.38. The number of alkyl halides is 3. The molecule has 0 unspecified atom stereocenters. The van der Waals surface area contributed by atoms with Crippen molar-refractivity contribution in [1.82, 2.24) is 19.4 Å². The molecule has 1 saturated heterocycles. The molecule has 0 amide bonds. The van der Waals surface area contributed by atoms with Gasteiger partial charge in [0, 0.05) is 13.2 Å². The number of aryl methyl sites for hydroxylation is 1. The van der Waals surface area contributed by atoms with Crippen LogP contribution in [0.1, 0.15) is 35.7 Å². The topological polar surface area (TPSA) is 43.2 Å². The van der Waals surface area contributed by atoms with Gasteiger partial charge in [-0.2, -0.15) is 13.2 Å². The number of aromatic nitrogens is 3. The summed E-state index contributed by atoms with van der Waals surface area (Å²) in [5.74, 6) is 1.47. The maximum Gasteiger partial charge on any atom is 0.416 e. The second kappa shape index (κ2) is 7.67. The average Bonchev–Trinajstić information content (AvgIpc) is 3.03. The average molecular weight is 403 g/mol. The Morgan fingerprint density at radius 2 is 1.93 bits per heavy atom. The monoisotopic (exact) mass is 403 g/mol. The first-order valence-corrected chi connectivity index (χ1v) is 9.60. The molecule has 8 heteroatoms. The van der Waals surface area contributed by atoms with E-state index in [4.69, 9.17) is 4.74 Å². The molecule has 0 radical (unpaired) electrons. The van der Waals surface area contributed by atoms with Gasteiger partial charge in [0.25, 0.3) is 0 Å². The Balaban J connectivity index is 1.45. The van der Waals surface area contributed by atoms with Crippen LogP contribution in [0.15, 0.2) is 36.5 Å². The lowest BCUT2D eigenvalue weighted by atomic mass is 9.88. The number of methoxy groups -OCH3 is 1. The van der Waals surface area contributed by atoms with E-state index in [1.54, 1.807) is 12.3 Å². The molecule has 0 saturated carbocycles. The van der Waals surface area contributed by atoms with Gasteiger partial charge in [0.1, 0.15) is 11.6 Å². The maximum absolute atomic E-state index is 13.0. The molecule has 29 heavy (non-hydrogen) atoms. The van der Waals surface area contributed by atoms with Crippen molar-refractivity contribution >= 4 is 11.2 Å². The largest absolute Gasteiger partial charge is 0.496 e. The first-order valence-electron chi connectivity index (χ1n) is 9.60. The molecule has 0 N–H and O–H groups in total. The highest BCUT2D eigenvalue weighted by molar-refractivity contribution is 5.71. The van der Waals surface area contributed by atoms with Crippen LogP contribution in [0.5, 0.6) is 5.75 Å². The Labute approximate surface area is 167 Å². The summed E-state index contributed by atoms with van der Waals surface area (Å²) in [6.45, 7) is 2.43. The van der Waals surface area contributed by atoms with Crippen molar-refractivity contribution in [2.24, 2.45) is 7.05 Å². The minimum absolute atomic E-state index is 0.186. The van der Waals surface area contributed by atoms with Crippen molar-refractivity contribution in [2.45, 2.75) is 31.5 Å². The number of fused-ring (bicyclic) bond motifs is 1. The zero-order chi connectivity index (χ0) is 20.6. The number of nitrogens with zero attached hydrogens (tertiary/aromatic N) is 4. The quantitative estimate of drug-likeness (QED) is 0.649. The van der Waals surface area contributed by atoms with Crippen LogP contribution in [0.25, 0.3) is 11.2 Å². The van der Waals surface area contributed by atoms with E-state index in [1.165, 1.54) is 7.11 Å². The van der Waals surface area contributed by atoms with Crippen LogP contribution in [0, 0.1) is 0 Å². The van der Waals surface area contributed by atoms with Crippen molar-refractivity contribution in [3.05, 3.63) is 53.5 Å². The van der Waals surface area contributed by atoms with Gasteiger partial charge in [-0.3, -0.25) is 4.90 Å². The van der Waals surface area contributed by atoms with Crippen molar-refractivity contribution in [3.8, 4) is 5.75 Å². The number of ether oxygens (including phenoxy) is 1. The van der Waals surface area contributed by atoms with Crippen LogP contribution in [0.2, 0.25) is 0 Å². The molecule has 1 aliphatic heterocycles. The Hall–Kier alpha value is -2.61. The van der Waals surface area contributed by atoms with E-state index >= 15 is 0 Å². The van der Waals surface area contributed by atoms with Crippen LogP contribution in [-0.4, -0.2) is 39.6 Å². The van der Waals surface area contributed by atoms with Gasteiger partial charge in [0.05, 0.1) is 24.7 Å². The fourth-order valence-corrected chi connectivity index (χ4v) is 4.04. The summed E-state index contributed by atoms with van der Waals surface area (Å²) >= 11 is 0. The number of rotatable bonds is 4. The van der Waals surface area contributed by atoms with E-state index in [0.29, 0.717) is 5.75 Å². The predicted octanol–water partition coefficient (Wildman–Crippen LogP) is 4.38. The summed E-state index contributed by atoms with van der Waals surface area (Å²) in [4.78, 5) is 11.3. The Morgan fingerprint density at radius 1 is 1.17 bits per heavy atom. The van der Waals surface area contributed by atoms with Gasteiger partial charge in [-0.1, -0.05) is 6.07 Å². The van der Waals surface area contributed by atoms with Crippen LogP contribution in [-0.2, 0) is 19.8 Å². The van der Waals surface area contributed by atoms with Crippen molar-refractivity contribution in [2.75, 3.05) is 20.2 Å². The smallest absolute Gasteiger partial charge is 0.416 e. The van der Waals surface area contributed by atoms with Gasteiger partial charge in [-0.15, -0.1) is 0 Å². The Kier molecular flexibility index (Phi) is 5.21. The molecule has 0 bridgehead atoms. The van der Waals surface area contributed by atoms with Gasteiger partial charge in [0.2, 0.25) is 0 Å². The SMILES string of the molecule is Cn1c(CN2CCC(c3ccc(C(F)(F)F)cc3O[11CH3])CC2)nc2ncccc21. The molecule has 3 heterocycles. The third kappa shape index (κ3) is 3.94. The van der Waals surface area contributed by atoms with Crippen LogP contribution >= 0.6 is 0 Å². The maximum atomic E-state index is 13.0. The van der Waals surface area contributed by atoms with Crippen LogP contribution in [0.3, 0.4) is 0 Å². The number of hydrogen-bond donors (Lipinski definition) is 0. The normalized spacial score (nSPS) is 16.4. The van der Waals surface area contributed by atoms with Crippen molar-refractivity contribution in [1.29, 1.82) is 0 Å². The number of likely N-dealkylation sites (tertiary alicyclic amines) is 1. The number of pyridine rings is 1. The van der Waals surface area contributed by atoms with Crippen LogP contribution < -0.4 is 4.74 Å². The molecular formula is C21H23F3N4O. The van der Waals surface area contributed by atoms with Gasteiger partial charge in [-0.25, -0.2) is 9.97 Å². The summed E-state index contributed by atoms with van der Waals surface area (Å²) in [5, 5.41) is 0. The van der Waals surface area contributed by atoms with Gasteiger partial charge < -0.3 is 9.30 Å². The number of benzene rings is 1. The summed E-state index contributed by atoms with van der Waals surface area (Å²) in [5.41, 5.74) is 1.93.